The summed E-state index contributed by atoms with van der Waals surface area (Å²) in [5.41, 5.74) is 1.18. The Morgan fingerprint density at radius 2 is 1.84 bits per heavy atom. The Hall–Kier alpha value is -2.41. The van der Waals surface area contributed by atoms with Gasteiger partial charge in [0.1, 0.15) is 0 Å². The van der Waals surface area contributed by atoms with E-state index in [9.17, 15) is 4.79 Å². The first-order valence-electron chi connectivity index (χ1n) is 5.81. The number of aromatic nitrogens is 4. The van der Waals surface area contributed by atoms with Crippen LogP contribution in [0.5, 0.6) is 0 Å². The van der Waals surface area contributed by atoms with Gasteiger partial charge in [0.25, 0.3) is 5.91 Å². The molecule has 96 valence electrons. The van der Waals surface area contributed by atoms with E-state index >= 15 is 0 Å². The standard InChI is InChI=1S/C12H11N5O2/c18-12(9-1-3-13-15-5-9)17(11-7-19-8-11)10-2-4-14-16-6-10/h1-6,11H,7-8H2. The number of nitrogens with zero attached hydrogens (tertiary/aromatic N) is 5. The molecule has 3 heterocycles. The van der Waals surface area contributed by atoms with Gasteiger partial charge in [0, 0.05) is 0 Å². The van der Waals surface area contributed by atoms with Gasteiger partial charge in [0.15, 0.2) is 0 Å². The lowest BCUT2D eigenvalue weighted by atomic mass is 10.1. The molecule has 0 aliphatic carbocycles. The quantitative estimate of drug-likeness (QED) is 0.787. The average molecular weight is 257 g/mol. The van der Waals surface area contributed by atoms with Crippen LogP contribution >= 0.6 is 0 Å². The summed E-state index contributed by atoms with van der Waals surface area (Å²) in [6.45, 7) is 1.04. The molecule has 0 unspecified atom stereocenters. The van der Waals surface area contributed by atoms with Crippen LogP contribution in [-0.4, -0.2) is 45.6 Å². The lowest BCUT2D eigenvalue weighted by Crippen LogP contribution is -2.52. The monoisotopic (exact) mass is 257 g/mol. The maximum Gasteiger partial charge on any atom is 0.260 e. The Labute approximate surface area is 109 Å². The number of carbonyl (C=O) groups is 1. The molecule has 1 amide bonds. The van der Waals surface area contributed by atoms with Crippen LogP contribution in [0.3, 0.4) is 0 Å². The van der Waals surface area contributed by atoms with E-state index in [0.29, 0.717) is 24.5 Å². The fraction of sp³-hybridized carbons (Fsp3) is 0.250. The summed E-state index contributed by atoms with van der Waals surface area (Å²) in [4.78, 5) is 14.2. The van der Waals surface area contributed by atoms with Crippen molar-refractivity contribution in [2.45, 2.75) is 6.04 Å². The van der Waals surface area contributed by atoms with Crippen LogP contribution in [-0.2, 0) is 4.74 Å². The van der Waals surface area contributed by atoms with Crippen LogP contribution in [0, 0.1) is 0 Å². The van der Waals surface area contributed by atoms with Crippen LogP contribution in [0.2, 0.25) is 0 Å². The van der Waals surface area contributed by atoms with Crippen LogP contribution < -0.4 is 4.90 Å². The molecule has 0 saturated carbocycles. The summed E-state index contributed by atoms with van der Waals surface area (Å²) in [6.07, 6.45) is 6.06. The Kier molecular flexibility index (Phi) is 3.11. The third-order valence-corrected chi connectivity index (χ3v) is 2.88. The summed E-state index contributed by atoms with van der Waals surface area (Å²) < 4.78 is 5.17. The molecule has 1 saturated heterocycles. The van der Waals surface area contributed by atoms with Gasteiger partial charge in [-0.1, -0.05) is 0 Å². The third-order valence-electron chi connectivity index (χ3n) is 2.88. The van der Waals surface area contributed by atoms with Gasteiger partial charge in [-0.3, -0.25) is 9.69 Å². The second-order valence-corrected chi connectivity index (χ2v) is 4.10. The normalized spacial score (nSPS) is 14.7. The number of hydrogen-bond acceptors (Lipinski definition) is 6. The first-order chi connectivity index (χ1) is 9.36. The molecule has 0 bridgehead atoms. The molecule has 0 aromatic carbocycles. The van der Waals surface area contributed by atoms with Crippen molar-refractivity contribution in [3.05, 3.63) is 42.5 Å². The van der Waals surface area contributed by atoms with Gasteiger partial charge in [-0.05, 0) is 12.1 Å². The smallest absolute Gasteiger partial charge is 0.260 e. The second kappa shape index (κ2) is 5.07. The van der Waals surface area contributed by atoms with Crippen molar-refractivity contribution in [3.8, 4) is 0 Å². The number of carbonyl (C=O) groups excluding carboxylic acids is 1. The molecular weight excluding hydrogens is 246 g/mol. The summed E-state index contributed by atoms with van der Waals surface area (Å²) in [5, 5.41) is 14.9. The maximum absolute atomic E-state index is 12.5. The number of amides is 1. The minimum Gasteiger partial charge on any atom is -0.377 e. The largest absolute Gasteiger partial charge is 0.377 e. The Morgan fingerprint density at radius 1 is 1.11 bits per heavy atom. The predicted octanol–water partition coefficient (Wildman–Crippen LogP) is 0.312. The highest BCUT2D eigenvalue weighted by Gasteiger charge is 2.32. The van der Waals surface area contributed by atoms with E-state index in [0.717, 1.165) is 0 Å². The van der Waals surface area contributed by atoms with Crippen molar-refractivity contribution in [1.29, 1.82) is 0 Å². The first-order valence-corrected chi connectivity index (χ1v) is 5.81. The van der Waals surface area contributed by atoms with Crippen molar-refractivity contribution < 1.29 is 9.53 Å². The number of anilines is 1. The molecule has 1 aliphatic heterocycles. The summed E-state index contributed by atoms with van der Waals surface area (Å²) in [5.74, 6) is -0.142. The third kappa shape index (κ3) is 2.27. The summed E-state index contributed by atoms with van der Waals surface area (Å²) in [7, 11) is 0. The number of ether oxygens (including phenoxy) is 1. The van der Waals surface area contributed by atoms with E-state index in [2.05, 4.69) is 20.4 Å². The zero-order valence-corrected chi connectivity index (χ0v) is 10.0. The molecule has 2 aromatic rings. The van der Waals surface area contributed by atoms with E-state index in [-0.39, 0.29) is 11.9 Å². The fourth-order valence-corrected chi connectivity index (χ4v) is 1.85. The van der Waals surface area contributed by atoms with Crippen LogP contribution in [0.1, 0.15) is 10.4 Å². The molecule has 1 aliphatic rings. The summed E-state index contributed by atoms with van der Waals surface area (Å²) in [6, 6.07) is 3.40. The number of rotatable bonds is 3. The predicted molar refractivity (Wildman–Crippen MR) is 65.5 cm³/mol. The molecule has 1 fully saturated rings. The lowest BCUT2D eigenvalue weighted by Gasteiger charge is -2.36. The molecule has 0 spiro atoms. The highest BCUT2D eigenvalue weighted by atomic mass is 16.5. The molecule has 2 aromatic heterocycles. The topological polar surface area (TPSA) is 81.1 Å². The van der Waals surface area contributed by atoms with E-state index in [1.54, 1.807) is 29.4 Å². The maximum atomic E-state index is 12.5. The van der Waals surface area contributed by atoms with Gasteiger partial charge in [0.2, 0.25) is 0 Å². The van der Waals surface area contributed by atoms with Crippen molar-refractivity contribution in [2.75, 3.05) is 18.1 Å². The molecule has 0 atom stereocenters. The Morgan fingerprint density at radius 3 is 2.37 bits per heavy atom. The first kappa shape index (κ1) is 11.7. The zero-order valence-electron chi connectivity index (χ0n) is 10.0. The highest BCUT2D eigenvalue weighted by Crippen LogP contribution is 2.22. The van der Waals surface area contributed by atoms with Gasteiger partial charge < -0.3 is 4.74 Å². The van der Waals surface area contributed by atoms with E-state index < -0.39 is 0 Å². The Balaban J connectivity index is 1.94. The molecule has 19 heavy (non-hydrogen) atoms. The minimum absolute atomic E-state index is 0.0184. The minimum atomic E-state index is -0.142. The molecule has 7 heteroatoms. The molecule has 0 N–H and O–H groups in total. The lowest BCUT2D eigenvalue weighted by molar-refractivity contribution is 0.00830. The molecule has 7 nitrogen and oxygen atoms in total. The molecule has 3 rings (SSSR count). The van der Waals surface area contributed by atoms with E-state index in [1.165, 1.54) is 12.4 Å². The zero-order chi connectivity index (χ0) is 13.1. The SMILES string of the molecule is O=C(c1ccnnc1)N(c1ccnnc1)C1COC1. The molecular formula is C12H11N5O2. The van der Waals surface area contributed by atoms with Crippen molar-refractivity contribution in [3.63, 3.8) is 0 Å². The van der Waals surface area contributed by atoms with Gasteiger partial charge in [-0.2, -0.15) is 20.4 Å². The van der Waals surface area contributed by atoms with Gasteiger partial charge >= 0.3 is 0 Å². The van der Waals surface area contributed by atoms with Gasteiger partial charge in [-0.25, -0.2) is 0 Å². The van der Waals surface area contributed by atoms with Crippen molar-refractivity contribution in [1.82, 2.24) is 20.4 Å². The van der Waals surface area contributed by atoms with Crippen LogP contribution in [0.4, 0.5) is 5.69 Å². The average Bonchev–Trinajstić information content (AvgIpc) is 2.44. The van der Waals surface area contributed by atoms with E-state index in [1.807, 2.05) is 0 Å². The second-order valence-electron chi connectivity index (χ2n) is 4.10. The van der Waals surface area contributed by atoms with Gasteiger partial charge in [0.05, 0.1) is 55.3 Å². The van der Waals surface area contributed by atoms with E-state index in [4.69, 9.17) is 4.74 Å². The summed E-state index contributed by atoms with van der Waals surface area (Å²) >= 11 is 0. The van der Waals surface area contributed by atoms with Crippen LogP contribution in [0.15, 0.2) is 36.9 Å². The Bertz CT molecular complexity index is 559. The highest BCUT2D eigenvalue weighted by molar-refractivity contribution is 6.06. The van der Waals surface area contributed by atoms with Crippen molar-refractivity contribution in [2.24, 2.45) is 0 Å². The number of hydrogen-bond donors (Lipinski definition) is 0. The fourth-order valence-electron chi connectivity index (χ4n) is 1.85. The van der Waals surface area contributed by atoms with Crippen LogP contribution in [0.25, 0.3) is 0 Å². The van der Waals surface area contributed by atoms with Crippen molar-refractivity contribution >= 4 is 11.6 Å². The molecule has 0 radical (unpaired) electrons. The van der Waals surface area contributed by atoms with Gasteiger partial charge in [-0.15, -0.1) is 0 Å².